The van der Waals surface area contributed by atoms with E-state index in [4.69, 9.17) is 4.74 Å². The van der Waals surface area contributed by atoms with Gasteiger partial charge in [-0.3, -0.25) is 0 Å². The van der Waals surface area contributed by atoms with E-state index in [1.807, 2.05) is 11.0 Å². The van der Waals surface area contributed by atoms with E-state index in [-0.39, 0.29) is 0 Å². The van der Waals surface area contributed by atoms with E-state index >= 15 is 0 Å². The van der Waals surface area contributed by atoms with Crippen molar-refractivity contribution in [3.63, 3.8) is 0 Å². The summed E-state index contributed by atoms with van der Waals surface area (Å²) in [5.41, 5.74) is 1.41. The summed E-state index contributed by atoms with van der Waals surface area (Å²) >= 11 is 0. The van der Waals surface area contributed by atoms with Crippen molar-refractivity contribution in [2.24, 2.45) is 0 Å². The molecule has 0 unspecified atom stereocenters. The molecule has 22 heavy (non-hydrogen) atoms. The maximum absolute atomic E-state index is 5.33. The zero-order valence-electron chi connectivity index (χ0n) is 14.2. The Hall–Kier alpha value is -1.10. The van der Waals surface area contributed by atoms with E-state index in [0.29, 0.717) is 0 Å². The summed E-state index contributed by atoms with van der Waals surface area (Å²) in [6, 6.07) is 9.48. The van der Waals surface area contributed by atoms with Crippen molar-refractivity contribution >= 4 is 0 Å². The number of benzene rings is 1. The average Bonchev–Trinajstić information content (AvgIpc) is 2.57. The van der Waals surface area contributed by atoms with Crippen molar-refractivity contribution in [2.45, 2.75) is 25.4 Å². The number of nitrogens with one attached hydrogen (secondary N) is 3. The first-order chi connectivity index (χ1) is 10.7. The van der Waals surface area contributed by atoms with Crippen LogP contribution in [0.2, 0.25) is 0 Å². The van der Waals surface area contributed by atoms with Gasteiger partial charge >= 0.3 is 0 Å². The highest BCUT2D eigenvalue weighted by molar-refractivity contribution is 5.27. The van der Waals surface area contributed by atoms with Gasteiger partial charge in [0.25, 0.3) is 0 Å². The molecule has 2 fully saturated rings. The van der Waals surface area contributed by atoms with E-state index in [1.165, 1.54) is 57.7 Å². The van der Waals surface area contributed by atoms with Crippen molar-refractivity contribution in [3.05, 3.63) is 29.8 Å². The fourth-order valence-corrected chi connectivity index (χ4v) is 4.09. The molecule has 2 aliphatic heterocycles. The molecule has 4 heteroatoms. The molecule has 2 saturated heterocycles. The van der Waals surface area contributed by atoms with Crippen LogP contribution in [0.3, 0.4) is 0 Å². The van der Waals surface area contributed by atoms with Gasteiger partial charge in [-0.1, -0.05) is 12.1 Å². The van der Waals surface area contributed by atoms with Gasteiger partial charge in [-0.25, -0.2) is 0 Å². The van der Waals surface area contributed by atoms with Gasteiger partial charge in [0, 0.05) is 18.4 Å². The van der Waals surface area contributed by atoms with Crippen LogP contribution in [0.15, 0.2) is 24.3 Å². The molecule has 0 aromatic heterocycles. The normalized spacial score (nSPS) is 32.6. The molecule has 0 bridgehead atoms. The van der Waals surface area contributed by atoms with Crippen molar-refractivity contribution in [2.75, 3.05) is 53.4 Å². The van der Waals surface area contributed by atoms with Crippen LogP contribution in [0.1, 0.15) is 18.4 Å². The van der Waals surface area contributed by atoms with Crippen LogP contribution < -0.4 is 19.4 Å². The van der Waals surface area contributed by atoms with E-state index in [9.17, 15) is 0 Å². The van der Waals surface area contributed by atoms with E-state index < -0.39 is 0 Å². The zero-order chi connectivity index (χ0) is 15.4. The van der Waals surface area contributed by atoms with E-state index in [2.05, 4.69) is 25.2 Å². The molecule has 1 aromatic rings. The van der Waals surface area contributed by atoms with Crippen LogP contribution in [0, 0.1) is 0 Å². The second kappa shape index (κ2) is 7.44. The molecule has 3 rings (SSSR count). The van der Waals surface area contributed by atoms with Crippen molar-refractivity contribution in [3.8, 4) is 5.75 Å². The molecule has 0 aliphatic carbocycles. The Morgan fingerprint density at radius 1 is 1.05 bits per heavy atom. The van der Waals surface area contributed by atoms with E-state index in [0.717, 1.165) is 18.3 Å². The monoisotopic (exact) mass is 306 g/mol. The number of likely N-dealkylation sites (tertiary alicyclic amines) is 1. The SMILES string of the molecule is COc1cccc(C[NH+]2CCC([NH+]3CC[NH+](C)CC3)CC2)c1. The molecule has 4 nitrogen and oxygen atoms in total. The number of quaternary nitrogens is 3. The highest BCUT2D eigenvalue weighted by atomic mass is 16.5. The minimum absolute atomic E-state index is 0.919. The number of piperidine rings is 1. The summed E-state index contributed by atoms with van der Waals surface area (Å²) in [5.74, 6) is 0.983. The van der Waals surface area contributed by atoms with Crippen LogP contribution >= 0.6 is 0 Å². The van der Waals surface area contributed by atoms with E-state index in [1.54, 1.807) is 16.9 Å². The fourth-order valence-electron chi connectivity index (χ4n) is 4.09. The summed E-state index contributed by atoms with van der Waals surface area (Å²) in [4.78, 5) is 5.33. The second-order valence-electron chi connectivity index (χ2n) is 7.17. The number of hydrogen-bond acceptors (Lipinski definition) is 1. The summed E-state index contributed by atoms with van der Waals surface area (Å²) in [5, 5.41) is 0. The summed E-state index contributed by atoms with van der Waals surface area (Å²) < 4.78 is 5.33. The van der Waals surface area contributed by atoms with Crippen LogP contribution in [-0.4, -0.2) is 59.5 Å². The van der Waals surface area contributed by atoms with Crippen LogP contribution in [0.25, 0.3) is 0 Å². The van der Waals surface area contributed by atoms with Crippen LogP contribution in [0.5, 0.6) is 5.75 Å². The number of hydrogen-bond donors (Lipinski definition) is 3. The van der Waals surface area contributed by atoms with Crippen LogP contribution in [0.4, 0.5) is 0 Å². The number of rotatable bonds is 4. The predicted octanol–water partition coefficient (Wildman–Crippen LogP) is -2.34. The summed E-state index contributed by atoms with van der Waals surface area (Å²) in [6.07, 6.45) is 2.79. The lowest BCUT2D eigenvalue weighted by atomic mass is 10.0. The largest absolute Gasteiger partial charge is 0.497 e. The Bertz CT molecular complexity index is 463. The lowest BCUT2D eigenvalue weighted by Gasteiger charge is -2.37. The molecular formula is C18H32N3O+3. The molecule has 0 spiro atoms. The summed E-state index contributed by atoms with van der Waals surface area (Å²) in [6.45, 7) is 9.26. The Morgan fingerprint density at radius 2 is 1.77 bits per heavy atom. The smallest absolute Gasteiger partial charge is 0.127 e. The lowest BCUT2D eigenvalue weighted by molar-refractivity contribution is -1.02. The molecule has 2 aliphatic rings. The molecule has 0 amide bonds. The molecule has 3 N–H and O–H groups in total. The van der Waals surface area contributed by atoms with Crippen molar-refractivity contribution < 1.29 is 19.4 Å². The Labute approximate surface area is 134 Å². The molecule has 0 atom stereocenters. The summed E-state index contributed by atoms with van der Waals surface area (Å²) in [7, 11) is 4.08. The van der Waals surface area contributed by atoms with Gasteiger partial charge in [-0.05, 0) is 12.1 Å². The Kier molecular flexibility index (Phi) is 5.34. The highest BCUT2D eigenvalue weighted by Crippen LogP contribution is 2.11. The quantitative estimate of drug-likeness (QED) is 0.570. The minimum Gasteiger partial charge on any atom is -0.497 e. The second-order valence-corrected chi connectivity index (χ2v) is 7.17. The van der Waals surface area contributed by atoms with Gasteiger partial charge in [0.05, 0.1) is 33.3 Å². The predicted molar refractivity (Wildman–Crippen MR) is 87.7 cm³/mol. The standard InChI is InChI=1S/C18H29N3O/c1-19-10-12-21(13-11-19)17-6-8-20(9-7-17)15-16-4-3-5-18(14-16)22-2/h3-5,14,17H,6-13,15H2,1-2H3/p+3. The first-order valence-electron chi connectivity index (χ1n) is 8.87. The highest BCUT2D eigenvalue weighted by Gasteiger charge is 2.32. The van der Waals surface area contributed by atoms with Gasteiger partial charge in [-0.2, -0.15) is 0 Å². The number of likely N-dealkylation sites (N-methyl/N-ethyl adjacent to an activating group) is 1. The third kappa shape index (κ3) is 4.00. The van der Waals surface area contributed by atoms with Crippen LogP contribution in [-0.2, 0) is 6.54 Å². The van der Waals surface area contributed by atoms with Gasteiger partial charge in [0.15, 0.2) is 0 Å². The number of methoxy groups -OCH3 is 1. The maximum atomic E-state index is 5.33. The van der Waals surface area contributed by atoms with Gasteiger partial charge < -0.3 is 19.4 Å². The molecule has 122 valence electrons. The zero-order valence-corrected chi connectivity index (χ0v) is 14.2. The number of ether oxygens (including phenoxy) is 1. The lowest BCUT2D eigenvalue weighted by Crippen LogP contribution is -3.29. The third-order valence-electron chi connectivity index (χ3n) is 5.60. The molecule has 1 aromatic carbocycles. The molecule has 2 heterocycles. The molecule has 0 saturated carbocycles. The topological polar surface area (TPSA) is 22.6 Å². The Morgan fingerprint density at radius 3 is 2.45 bits per heavy atom. The van der Waals surface area contributed by atoms with Crippen molar-refractivity contribution in [1.29, 1.82) is 0 Å². The minimum atomic E-state index is 0.919. The van der Waals surface area contributed by atoms with Gasteiger partial charge in [0.1, 0.15) is 38.5 Å². The fraction of sp³-hybridized carbons (Fsp3) is 0.667. The number of piperazine rings is 1. The first kappa shape index (κ1) is 15.8. The third-order valence-corrected chi connectivity index (χ3v) is 5.60. The van der Waals surface area contributed by atoms with Gasteiger partial charge in [0.2, 0.25) is 0 Å². The first-order valence-corrected chi connectivity index (χ1v) is 8.87. The van der Waals surface area contributed by atoms with Gasteiger partial charge in [-0.15, -0.1) is 0 Å². The molecule has 0 radical (unpaired) electrons. The maximum Gasteiger partial charge on any atom is 0.127 e. The Balaban J connectivity index is 1.47. The molecular weight excluding hydrogens is 274 g/mol. The van der Waals surface area contributed by atoms with Crippen molar-refractivity contribution in [1.82, 2.24) is 0 Å². The average molecular weight is 306 g/mol.